The maximum absolute atomic E-state index is 12.3. The fourth-order valence-electron chi connectivity index (χ4n) is 3.18. The summed E-state index contributed by atoms with van der Waals surface area (Å²) in [5.74, 6) is -3.21. The van der Waals surface area contributed by atoms with Crippen LogP contribution in [-0.4, -0.2) is 27.3 Å². The highest BCUT2D eigenvalue weighted by atomic mass is 35.5. The van der Waals surface area contributed by atoms with E-state index < -0.39 is 23.8 Å². The zero-order valence-electron chi connectivity index (χ0n) is 13.2. The molecule has 0 bridgehead atoms. The van der Waals surface area contributed by atoms with Crippen LogP contribution >= 0.6 is 11.6 Å². The van der Waals surface area contributed by atoms with E-state index in [9.17, 15) is 24.9 Å². The molecule has 2 aliphatic rings. The summed E-state index contributed by atoms with van der Waals surface area (Å²) in [6, 6.07) is 5.57. The number of aryl methyl sites for hydroxylation is 1. The highest BCUT2D eigenvalue weighted by molar-refractivity contribution is 6.33. The number of hydrogen-bond acceptors (Lipinski definition) is 6. The average Bonchev–Trinajstić information content (AvgIpc) is 2.59. The second-order valence-corrected chi connectivity index (χ2v) is 6.28. The molecular weight excluding hydrogens is 364 g/mol. The number of carboxylic acids is 1. The molecule has 0 saturated heterocycles. The highest BCUT2D eigenvalue weighted by Crippen LogP contribution is 2.50. The zero-order valence-corrected chi connectivity index (χ0v) is 14.0. The molecule has 7 nitrogen and oxygen atoms in total. The Morgan fingerprint density at radius 3 is 2.65 bits per heavy atom. The number of halogens is 1. The number of rotatable bonds is 1. The van der Waals surface area contributed by atoms with Crippen LogP contribution in [0.1, 0.15) is 43.5 Å². The Balaban J connectivity index is 2.02. The first-order valence-corrected chi connectivity index (χ1v) is 7.89. The quantitative estimate of drug-likeness (QED) is 0.653. The third-order valence-corrected chi connectivity index (χ3v) is 4.84. The molecule has 2 aromatic rings. The van der Waals surface area contributed by atoms with Crippen LogP contribution in [0.5, 0.6) is 11.5 Å². The Labute approximate surface area is 151 Å². The number of carboxylic acid groups (broad SMARTS) is 1. The molecule has 132 valence electrons. The Morgan fingerprint density at radius 1 is 1.23 bits per heavy atom. The van der Waals surface area contributed by atoms with Crippen molar-refractivity contribution in [3.63, 3.8) is 0 Å². The zero-order chi connectivity index (χ0) is 18.7. The Kier molecular flexibility index (Phi) is 3.38. The van der Waals surface area contributed by atoms with Crippen LogP contribution in [-0.2, 0) is 4.74 Å². The number of aliphatic hydroxyl groups is 1. The lowest BCUT2D eigenvalue weighted by Gasteiger charge is -2.33. The van der Waals surface area contributed by atoms with Gasteiger partial charge in [-0.1, -0.05) is 17.7 Å². The maximum atomic E-state index is 12.3. The molecule has 26 heavy (non-hydrogen) atoms. The van der Waals surface area contributed by atoms with Gasteiger partial charge in [-0.15, -0.1) is 0 Å². The minimum atomic E-state index is -1.27. The third-order valence-electron chi connectivity index (χ3n) is 4.34. The SMILES string of the molecule is Cc1cc(O)c2c(c1Cl)C1Oc3cccc(C(=O)O)c3C(O)=C1OC2=O. The summed E-state index contributed by atoms with van der Waals surface area (Å²) in [5, 5.41) is 30.3. The molecule has 0 spiro atoms. The molecule has 1 atom stereocenters. The van der Waals surface area contributed by atoms with Crippen LogP contribution < -0.4 is 4.74 Å². The summed E-state index contributed by atoms with van der Waals surface area (Å²) in [4.78, 5) is 23.8. The summed E-state index contributed by atoms with van der Waals surface area (Å²) in [6.45, 7) is 1.64. The normalized spacial score (nSPS) is 17.6. The topological polar surface area (TPSA) is 113 Å². The minimum Gasteiger partial charge on any atom is -0.507 e. The van der Waals surface area contributed by atoms with Crippen molar-refractivity contribution in [1.82, 2.24) is 0 Å². The van der Waals surface area contributed by atoms with E-state index >= 15 is 0 Å². The van der Waals surface area contributed by atoms with Crippen molar-refractivity contribution in [1.29, 1.82) is 0 Å². The predicted octanol–water partition coefficient (Wildman–Crippen LogP) is 3.58. The minimum absolute atomic E-state index is 0.0875. The van der Waals surface area contributed by atoms with E-state index in [1.54, 1.807) is 6.92 Å². The Hall–Kier alpha value is -3.19. The standard InChI is InChI=1S/C18H11ClO7/c1-6-5-8(20)11-12(13(6)19)15-16(26-18(11)24)14(21)10-7(17(22)23)3-2-4-9(10)25-15/h2-5,15,20-21H,1H3,(H,22,23). The van der Waals surface area contributed by atoms with Gasteiger partial charge >= 0.3 is 11.9 Å². The number of phenols is 1. The van der Waals surface area contributed by atoms with Gasteiger partial charge < -0.3 is 24.8 Å². The van der Waals surface area contributed by atoms with Crippen molar-refractivity contribution >= 4 is 29.3 Å². The fraction of sp³-hybridized carbons (Fsp3) is 0.111. The lowest BCUT2D eigenvalue weighted by atomic mass is 9.91. The second-order valence-electron chi connectivity index (χ2n) is 5.90. The first kappa shape index (κ1) is 16.3. The monoisotopic (exact) mass is 374 g/mol. The van der Waals surface area contributed by atoms with E-state index in [0.29, 0.717) is 5.56 Å². The van der Waals surface area contributed by atoms with Gasteiger partial charge in [0.15, 0.2) is 17.6 Å². The second kappa shape index (κ2) is 5.40. The number of aliphatic hydroxyl groups excluding tert-OH is 1. The van der Waals surface area contributed by atoms with Crippen LogP contribution in [0.15, 0.2) is 30.0 Å². The van der Waals surface area contributed by atoms with Gasteiger partial charge in [0.1, 0.15) is 17.1 Å². The van der Waals surface area contributed by atoms with Crippen molar-refractivity contribution in [2.24, 2.45) is 0 Å². The lowest BCUT2D eigenvalue weighted by molar-refractivity contribution is 0.0443. The molecule has 0 aliphatic carbocycles. The van der Waals surface area contributed by atoms with Crippen molar-refractivity contribution in [3.8, 4) is 11.5 Å². The molecule has 2 aliphatic heterocycles. The first-order valence-electron chi connectivity index (χ1n) is 7.51. The maximum Gasteiger partial charge on any atom is 0.347 e. The van der Waals surface area contributed by atoms with Crippen LogP contribution in [0, 0.1) is 6.92 Å². The van der Waals surface area contributed by atoms with E-state index in [1.807, 2.05) is 0 Å². The molecule has 2 aromatic carbocycles. The summed E-state index contributed by atoms with van der Waals surface area (Å²) in [5.41, 5.74) is 0.222. The number of aromatic carboxylic acids is 1. The summed E-state index contributed by atoms with van der Waals surface area (Å²) >= 11 is 6.33. The summed E-state index contributed by atoms with van der Waals surface area (Å²) in [7, 11) is 0. The number of ether oxygens (including phenoxy) is 2. The molecule has 4 rings (SSSR count). The number of benzene rings is 2. The summed E-state index contributed by atoms with van der Waals surface area (Å²) in [6.07, 6.45) is -1.10. The number of phenolic OH excluding ortho intramolecular Hbond substituents is 1. The molecular formula is C18H11ClO7. The van der Waals surface area contributed by atoms with Gasteiger partial charge in [0, 0.05) is 5.56 Å². The van der Waals surface area contributed by atoms with Crippen molar-refractivity contribution in [2.75, 3.05) is 0 Å². The van der Waals surface area contributed by atoms with Gasteiger partial charge in [0.05, 0.1) is 16.1 Å². The smallest absolute Gasteiger partial charge is 0.347 e. The van der Waals surface area contributed by atoms with Crippen molar-refractivity contribution < 1.29 is 34.4 Å². The number of carbonyl (C=O) groups is 2. The van der Waals surface area contributed by atoms with Crippen LogP contribution in [0.2, 0.25) is 5.02 Å². The van der Waals surface area contributed by atoms with Gasteiger partial charge in [0.25, 0.3) is 0 Å². The number of hydrogen-bond donors (Lipinski definition) is 3. The van der Waals surface area contributed by atoms with Gasteiger partial charge in [-0.05, 0) is 30.7 Å². The molecule has 3 N–H and O–H groups in total. The number of carbonyl (C=O) groups excluding carboxylic acids is 1. The predicted molar refractivity (Wildman–Crippen MR) is 89.6 cm³/mol. The van der Waals surface area contributed by atoms with Gasteiger partial charge in [0.2, 0.25) is 0 Å². The largest absolute Gasteiger partial charge is 0.507 e. The molecule has 0 aromatic heterocycles. The van der Waals surface area contributed by atoms with E-state index in [4.69, 9.17) is 21.1 Å². The number of esters is 1. The number of aromatic hydroxyl groups is 1. The molecule has 8 heteroatoms. The van der Waals surface area contributed by atoms with E-state index in [0.717, 1.165) is 0 Å². The van der Waals surface area contributed by atoms with E-state index in [1.165, 1.54) is 24.3 Å². The van der Waals surface area contributed by atoms with Crippen LogP contribution in [0.4, 0.5) is 0 Å². The fourth-order valence-corrected chi connectivity index (χ4v) is 3.43. The van der Waals surface area contributed by atoms with Crippen molar-refractivity contribution in [3.05, 3.63) is 62.9 Å². The molecule has 2 heterocycles. The Morgan fingerprint density at radius 2 is 1.96 bits per heavy atom. The highest BCUT2D eigenvalue weighted by Gasteiger charge is 2.44. The third kappa shape index (κ3) is 2.07. The molecule has 0 amide bonds. The van der Waals surface area contributed by atoms with Crippen LogP contribution in [0.3, 0.4) is 0 Å². The molecule has 1 unspecified atom stereocenters. The molecule has 0 saturated carbocycles. The Bertz CT molecular complexity index is 1040. The number of fused-ring (bicyclic) bond motifs is 4. The van der Waals surface area contributed by atoms with Gasteiger partial charge in [-0.3, -0.25) is 0 Å². The van der Waals surface area contributed by atoms with E-state index in [-0.39, 0.29) is 44.5 Å². The van der Waals surface area contributed by atoms with Crippen molar-refractivity contribution in [2.45, 2.75) is 13.0 Å². The summed E-state index contributed by atoms with van der Waals surface area (Å²) < 4.78 is 11.0. The van der Waals surface area contributed by atoms with Gasteiger partial charge in [-0.2, -0.15) is 0 Å². The lowest BCUT2D eigenvalue weighted by Crippen LogP contribution is -2.29. The van der Waals surface area contributed by atoms with Gasteiger partial charge in [-0.25, -0.2) is 9.59 Å². The average molecular weight is 375 g/mol. The molecule has 0 fully saturated rings. The van der Waals surface area contributed by atoms with E-state index in [2.05, 4.69) is 0 Å². The van der Waals surface area contributed by atoms with Crippen LogP contribution in [0.25, 0.3) is 5.76 Å². The first-order chi connectivity index (χ1) is 12.3. The molecule has 0 radical (unpaired) electrons.